The summed E-state index contributed by atoms with van der Waals surface area (Å²) >= 11 is 0. The highest BCUT2D eigenvalue weighted by atomic mass is 16.5. The fourth-order valence-corrected chi connectivity index (χ4v) is 2.99. The first-order chi connectivity index (χ1) is 11.7. The Morgan fingerprint density at radius 1 is 1.08 bits per heavy atom. The summed E-state index contributed by atoms with van der Waals surface area (Å²) in [5.74, 6) is 2.60. The van der Waals surface area contributed by atoms with E-state index in [1.165, 1.54) is 12.8 Å². The van der Waals surface area contributed by atoms with Gasteiger partial charge in [0.2, 0.25) is 0 Å². The molecular formula is C18H28N4O2. The molecule has 1 aromatic rings. The van der Waals surface area contributed by atoms with E-state index in [1.807, 2.05) is 6.07 Å². The van der Waals surface area contributed by atoms with Crippen LogP contribution in [0.3, 0.4) is 0 Å². The van der Waals surface area contributed by atoms with Gasteiger partial charge in [0.25, 0.3) is 0 Å². The second kappa shape index (κ2) is 7.64. The third kappa shape index (κ3) is 4.24. The highest BCUT2D eigenvalue weighted by Crippen LogP contribution is 2.30. The smallest absolute Gasteiger partial charge is 0.191 e. The van der Waals surface area contributed by atoms with Crippen LogP contribution in [-0.4, -0.2) is 51.9 Å². The normalized spacial score (nSPS) is 20.9. The Balaban J connectivity index is 1.63. The first kappa shape index (κ1) is 16.7. The van der Waals surface area contributed by atoms with Crippen molar-refractivity contribution >= 4 is 11.6 Å². The lowest BCUT2D eigenvalue weighted by atomic mass is 10.2. The molecule has 1 aromatic carbocycles. The second-order valence-electron chi connectivity index (χ2n) is 6.39. The van der Waals surface area contributed by atoms with Gasteiger partial charge in [0.15, 0.2) is 5.96 Å². The number of ether oxygens (including phenoxy) is 2. The summed E-state index contributed by atoms with van der Waals surface area (Å²) < 4.78 is 10.8. The van der Waals surface area contributed by atoms with E-state index in [0.29, 0.717) is 12.1 Å². The zero-order valence-corrected chi connectivity index (χ0v) is 14.8. The van der Waals surface area contributed by atoms with Crippen LogP contribution in [0.5, 0.6) is 11.5 Å². The van der Waals surface area contributed by atoms with Gasteiger partial charge in [-0.3, -0.25) is 4.99 Å². The van der Waals surface area contributed by atoms with Crippen molar-refractivity contribution in [1.82, 2.24) is 10.6 Å². The van der Waals surface area contributed by atoms with Gasteiger partial charge in [-0.1, -0.05) is 0 Å². The lowest BCUT2D eigenvalue weighted by molar-refractivity contribution is 0.394. The van der Waals surface area contributed by atoms with Gasteiger partial charge >= 0.3 is 0 Å². The van der Waals surface area contributed by atoms with E-state index in [2.05, 4.69) is 39.6 Å². The maximum absolute atomic E-state index is 5.38. The number of nitrogens with zero attached hydrogens (tertiary/aromatic N) is 2. The van der Waals surface area contributed by atoms with Crippen LogP contribution in [0.15, 0.2) is 23.2 Å². The molecule has 0 spiro atoms. The third-order valence-electron chi connectivity index (χ3n) is 4.46. The molecule has 2 fully saturated rings. The number of methoxy groups -OCH3 is 2. The Morgan fingerprint density at radius 3 is 2.33 bits per heavy atom. The highest BCUT2D eigenvalue weighted by Gasteiger charge is 2.27. The van der Waals surface area contributed by atoms with Crippen LogP contribution in [0.4, 0.5) is 5.69 Å². The molecule has 1 aliphatic carbocycles. The molecule has 1 atom stereocenters. The first-order valence-corrected chi connectivity index (χ1v) is 8.77. The van der Waals surface area contributed by atoms with Crippen molar-refractivity contribution in [3.63, 3.8) is 0 Å². The fraction of sp³-hybridized carbons (Fsp3) is 0.611. The van der Waals surface area contributed by atoms with Crippen LogP contribution in [0.2, 0.25) is 0 Å². The van der Waals surface area contributed by atoms with Crippen molar-refractivity contribution in [3.05, 3.63) is 18.2 Å². The summed E-state index contributed by atoms with van der Waals surface area (Å²) in [5.41, 5.74) is 1.14. The Labute approximate surface area is 144 Å². The van der Waals surface area contributed by atoms with Crippen molar-refractivity contribution in [2.45, 2.75) is 38.3 Å². The second-order valence-corrected chi connectivity index (χ2v) is 6.39. The Kier molecular flexibility index (Phi) is 5.33. The van der Waals surface area contributed by atoms with Crippen LogP contribution in [0, 0.1) is 0 Å². The molecule has 1 saturated heterocycles. The molecule has 6 heteroatoms. The summed E-state index contributed by atoms with van der Waals surface area (Å²) in [6.07, 6.45) is 3.60. The first-order valence-electron chi connectivity index (χ1n) is 8.77. The van der Waals surface area contributed by atoms with Crippen LogP contribution in [0.25, 0.3) is 0 Å². The van der Waals surface area contributed by atoms with E-state index in [4.69, 9.17) is 9.47 Å². The number of anilines is 1. The average molecular weight is 332 g/mol. The van der Waals surface area contributed by atoms with Gasteiger partial charge in [-0.05, 0) is 26.2 Å². The van der Waals surface area contributed by atoms with Gasteiger partial charge in [-0.15, -0.1) is 0 Å². The van der Waals surface area contributed by atoms with Crippen molar-refractivity contribution in [2.75, 3.05) is 38.8 Å². The van der Waals surface area contributed by atoms with Crippen molar-refractivity contribution in [1.29, 1.82) is 0 Å². The molecule has 0 unspecified atom stereocenters. The Hall–Kier alpha value is -2.11. The zero-order valence-electron chi connectivity index (χ0n) is 14.8. The number of hydrogen-bond acceptors (Lipinski definition) is 4. The zero-order chi connectivity index (χ0) is 16.9. The third-order valence-corrected chi connectivity index (χ3v) is 4.46. The minimum Gasteiger partial charge on any atom is -0.497 e. The number of hydrogen-bond donors (Lipinski definition) is 2. The standard InChI is InChI=1S/C18H28N4O2/c1-4-19-18(20-13-5-6-13)21-14-7-8-22(12-14)15-9-16(23-2)11-17(10-15)24-3/h9-11,13-14H,4-8,12H2,1-3H3,(H2,19,20,21)/t14-/m0/s1. The van der Waals surface area contributed by atoms with Gasteiger partial charge in [0.05, 0.1) is 14.2 Å². The van der Waals surface area contributed by atoms with Crippen LogP contribution < -0.4 is 25.0 Å². The minimum absolute atomic E-state index is 0.402. The number of guanidine groups is 1. The summed E-state index contributed by atoms with van der Waals surface area (Å²) in [5, 5.41) is 7.07. The van der Waals surface area contributed by atoms with Crippen LogP contribution in [0.1, 0.15) is 26.2 Å². The van der Waals surface area contributed by atoms with Crippen LogP contribution >= 0.6 is 0 Å². The van der Waals surface area contributed by atoms with E-state index in [-0.39, 0.29) is 0 Å². The number of aliphatic imine (C=N–C) groups is 1. The SMILES string of the molecule is CCN=C(NC1CC1)N[C@H]1CCN(c2cc(OC)cc(OC)c2)C1. The lowest BCUT2D eigenvalue weighted by Gasteiger charge is -2.21. The molecule has 0 bridgehead atoms. The lowest BCUT2D eigenvalue weighted by Crippen LogP contribution is -2.45. The van der Waals surface area contributed by atoms with E-state index in [1.54, 1.807) is 14.2 Å². The fourth-order valence-electron chi connectivity index (χ4n) is 2.99. The topological polar surface area (TPSA) is 58.1 Å². The monoisotopic (exact) mass is 332 g/mol. The number of rotatable bonds is 6. The van der Waals surface area contributed by atoms with Gasteiger partial charge in [-0.25, -0.2) is 0 Å². The molecule has 0 amide bonds. The van der Waals surface area contributed by atoms with Gasteiger partial charge in [0.1, 0.15) is 11.5 Å². The Bertz CT molecular complexity index is 564. The van der Waals surface area contributed by atoms with E-state index >= 15 is 0 Å². The summed E-state index contributed by atoms with van der Waals surface area (Å²) in [4.78, 5) is 6.92. The molecule has 0 radical (unpaired) electrons. The quantitative estimate of drug-likeness (QED) is 0.616. The summed E-state index contributed by atoms with van der Waals surface area (Å²) in [6.45, 7) is 4.83. The molecule has 1 aliphatic heterocycles. The minimum atomic E-state index is 0.402. The average Bonchev–Trinajstić information content (AvgIpc) is 3.29. The molecule has 0 aromatic heterocycles. The largest absolute Gasteiger partial charge is 0.497 e. The van der Waals surface area contributed by atoms with E-state index in [9.17, 15) is 0 Å². The molecule has 1 saturated carbocycles. The Morgan fingerprint density at radius 2 is 1.75 bits per heavy atom. The van der Waals surface area contributed by atoms with E-state index < -0.39 is 0 Å². The molecule has 2 aliphatic rings. The highest BCUT2D eigenvalue weighted by molar-refractivity contribution is 5.81. The molecule has 2 N–H and O–H groups in total. The van der Waals surface area contributed by atoms with E-state index in [0.717, 1.165) is 49.2 Å². The number of nitrogens with one attached hydrogen (secondary N) is 2. The van der Waals surface area contributed by atoms with Crippen molar-refractivity contribution < 1.29 is 9.47 Å². The predicted molar refractivity (Wildman–Crippen MR) is 97.4 cm³/mol. The van der Waals surface area contributed by atoms with Crippen molar-refractivity contribution in [3.8, 4) is 11.5 Å². The molecule has 3 rings (SSSR count). The maximum atomic E-state index is 5.38. The number of benzene rings is 1. The summed E-state index contributed by atoms with van der Waals surface area (Å²) in [7, 11) is 3.37. The van der Waals surface area contributed by atoms with Gasteiger partial charge in [-0.2, -0.15) is 0 Å². The van der Waals surface area contributed by atoms with Crippen LogP contribution in [-0.2, 0) is 0 Å². The summed E-state index contributed by atoms with van der Waals surface area (Å²) in [6, 6.07) is 7.05. The molecule has 24 heavy (non-hydrogen) atoms. The van der Waals surface area contributed by atoms with Crippen molar-refractivity contribution in [2.24, 2.45) is 4.99 Å². The molecular weight excluding hydrogens is 304 g/mol. The van der Waals surface area contributed by atoms with Gasteiger partial charge < -0.3 is 25.0 Å². The maximum Gasteiger partial charge on any atom is 0.191 e. The molecule has 1 heterocycles. The predicted octanol–water partition coefficient (Wildman–Crippen LogP) is 2.00. The molecule has 6 nitrogen and oxygen atoms in total. The van der Waals surface area contributed by atoms with Gasteiger partial charge in [0, 0.05) is 55.6 Å². The molecule has 132 valence electrons.